The zero-order valence-electron chi connectivity index (χ0n) is 17.7. The lowest BCUT2D eigenvalue weighted by Crippen LogP contribution is -2.52. The molecule has 166 valence electrons. The molecule has 2 aromatic rings. The number of H-pyrrole nitrogens is 1. The third-order valence-corrected chi connectivity index (χ3v) is 4.43. The highest BCUT2D eigenvalue weighted by Crippen LogP contribution is 2.17. The second-order valence-corrected chi connectivity index (χ2v) is 7.37. The number of nitrogens with zero attached hydrogens (tertiary/aromatic N) is 1. The Morgan fingerprint density at radius 1 is 1.23 bits per heavy atom. The van der Waals surface area contributed by atoms with Crippen LogP contribution in [-0.4, -0.2) is 57.9 Å². The summed E-state index contributed by atoms with van der Waals surface area (Å²) in [5.74, 6) is -2.15. The van der Waals surface area contributed by atoms with E-state index in [0.717, 1.165) is 11.1 Å². The SMILES string of the molecule is CC(=O)N[C@@H](Cc1c[nH]c2cccnc12)C(=O)N[C@@H](CCC(=O)C=N)C(=O)OC(C)C. The number of aromatic nitrogens is 2. The van der Waals surface area contributed by atoms with Gasteiger partial charge in [0.25, 0.3) is 0 Å². The fourth-order valence-corrected chi connectivity index (χ4v) is 3.04. The average molecular weight is 429 g/mol. The van der Waals surface area contributed by atoms with Gasteiger partial charge in [-0.2, -0.15) is 0 Å². The third-order valence-electron chi connectivity index (χ3n) is 4.43. The van der Waals surface area contributed by atoms with E-state index in [1.807, 2.05) is 6.07 Å². The first kappa shape index (κ1) is 23.7. The molecule has 2 atom stereocenters. The fourth-order valence-electron chi connectivity index (χ4n) is 3.04. The zero-order chi connectivity index (χ0) is 23.0. The molecule has 0 fully saturated rings. The van der Waals surface area contributed by atoms with Crippen LogP contribution in [-0.2, 0) is 30.3 Å². The van der Waals surface area contributed by atoms with Gasteiger partial charge in [0.2, 0.25) is 11.8 Å². The second kappa shape index (κ2) is 11.0. The van der Waals surface area contributed by atoms with Gasteiger partial charge in [0.1, 0.15) is 12.1 Å². The number of fused-ring (bicyclic) bond motifs is 1. The summed E-state index contributed by atoms with van der Waals surface area (Å²) in [7, 11) is 0. The van der Waals surface area contributed by atoms with Gasteiger partial charge < -0.3 is 25.8 Å². The molecule has 2 heterocycles. The van der Waals surface area contributed by atoms with Crippen molar-refractivity contribution in [2.45, 2.75) is 58.2 Å². The van der Waals surface area contributed by atoms with Gasteiger partial charge in [-0.05, 0) is 38.0 Å². The lowest BCUT2D eigenvalue weighted by Gasteiger charge is -2.23. The van der Waals surface area contributed by atoms with E-state index in [-0.39, 0.29) is 19.3 Å². The standard InChI is InChI=1S/C21H27N5O5/c1-12(2)31-21(30)17(7-6-15(28)10-22)26-20(29)18(25-13(3)27)9-14-11-24-16-5-4-8-23-19(14)16/h4-5,8,10-12,17-18,22,24H,6-7,9H2,1-3H3,(H,25,27)(H,26,29)/t17-,18-/m0/s1. The number of ketones is 1. The first-order valence-electron chi connectivity index (χ1n) is 9.93. The quantitative estimate of drug-likeness (QED) is 0.309. The minimum absolute atomic E-state index is 0.0209. The molecule has 2 amide bonds. The van der Waals surface area contributed by atoms with Crippen LogP contribution in [0.5, 0.6) is 0 Å². The molecule has 0 saturated carbocycles. The number of aromatic amines is 1. The van der Waals surface area contributed by atoms with Crippen LogP contribution in [0.1, 0.15) is 39.2 Å². The molecule has 10 nitrogen and oxygen atoms in total. The molecule has 0 bridgehead atoms. The number of carbonyl (C=O) groups is 4. The molecule has 31 heavy (non-hydrogen) atoms. The molecule has 2 aromatic heterocycles. The molecular formula is C21H27N5O5. The number of carbonyl (C=O) groups excluding carboxylic acids is 4. The average Bonchev–Trinajstić information content (AvgIpc) is 3.12. The van der Waals surface area contributed by atoms with Crippen molar-refractivity contribution < 1.29 is 23.9 Å². The van der Waals surface area contributed by atoms with Crippen molar-refractivity contribution in [3.8, 4) is 0 Å². The Kier molecular flexibility index (Phi) is 8.42. The number of ether oxygens (including phenoxy) is 1. The van der Waals surface area contributed by atoms with Crippen molar-refractivity contribution in [1.29, 1.82) is 5.41 Å². The monoisotopic (exact) mass is 429 g/mol. The van der Waals surface area contributed by atoms with Crippen molar-refractivity contribution in [1.82, 2.24) is 20.6 Å². The first-order valence-corrected chi connectivity index (χ1v) is 9.93. The van der Waals surface area contributed by atoms with Gasteiger partial charge in [0.15, 0.2) is 5.78 Å². The van der Waals surface area contributed by atoms with Gasteiger partial charge in [-0.25, -0.2) is 4.79 Å². The summed E-state index contributed by atoms with van der Waals surface area (Å²) in [6, 6.07) is 1.57. The number of pyridine rings is 1. The number of amides is 2. The molecule has 0 aromatic carbocycles. The number of esters is 1. The summed E-state index contributed by atoms with van der Waals surface area (Å²) in [5.41, 5.74) is 2.20. The molecule has 0 saturated heterocycles. The van der Waals surface area contributed by atoms with Crippen LogP contribution >= 0.6 is 0 Å². The number of hydrogen-bond acceptors (Lipinski definition) is 7. The van der Waals surface area contributed by atoms with E-state index in [0.29, 0.717) is 11.7 Å². The topological polar surface area (TPSA) is 154 Å². The normalized spacial score (nSPS) is 12.8. The van der Waals surface area contributed by atoms with Gasteiger partial charge in [-0.3, -0.25) is 19.4 Å². The molecule has 0 aliphatic heterocycles. The van der Waals surface area contributed by atoms with Gasteiger partial charge >= 0.3 is 5.97 Å². The summed E-state index contributed by atoms with van der Waals surface area (Å²) in [6.07, 6.45) is 3.63. The van der Waals surface area contributed by atoms with Crippen LogP contribution < -0.4 is 10.6 Å². The van der Waals surface area contributed by atoms with Gasteiger partial charge in [0, 0.05) is 32.2 Å². The molecule has 4 N–H and O–H groups in total. The number of rotatable bonds is 11. The predicted octanol–water partition coefficient (Wildman–Crippen LogP) is 1.05. The maximum atomic E-state index is 13.0. The molecule has 0 radical (unpaired) electrons. The van der Waals surface area contributed by atoms with Crippen LogP contribution in [0.4, 0.5) is 0 Å². The first-order chi connectivity index (χ1) is 14.7. The van der Waals surface area contributed by atoms with Crippen LogP contribution in [0, 0.1) is 5.41 Å². The van der Waals surface area contributed by atoms with Crippen molar-refractivity contribution in [3.05, 3.63) is 30.1 Å². The zero-order valence-corrected chi connectivity index (χ0v) is 17.7. The van der Waals surface area contributed by atoms with E-state index in [2.05, 4.69) is 20.6 Å². The van der Waals surface area contributed by atoms with Gasteiger partial charge in [-0.1, -0.05) is 0 Å². The van der Waals surface area contributed by atoms with Crippen molar-refractivity contribution in [2.24, 2.45) is 0 Å². The number of hydrogen-bond donors (Lipinski definition) is 4. The Morgan fingerprint density at radius 2 is 1.97 bits per heavy atom. The number of nitrogens with one attached hydrogen (secondary N) is 4. The van der Waals surface area contributed by atoms with Crippen molar-refractivity contribution in [3.63, 3.8) is 0 Å². The molecule has 0 unspecified atom stereocenters. The Labute approximate surface area is 179 Å². The predicted molar refractivity (Wildman–Crippen MR) is 114 cm³/mol. The smallest absolute Gasteiger partial charge is 0.328 e. The molecule has 0 spiro atoms. The molecule has 0 aliphatic carbocycles. The van der Waals surface area contributed by atoms with E-state index in [4.69, 9.17) is 10.1 Å². The van der Waals surface area contributed by atoms with E-state index >= 15 is 0 Å². The van der Waals surface area contributed by atoms with E-state index in [1.54, 1.807) is 32.3 Å². The Balaban J connectivity index is 2.19. The van der Waals surface area contributed by atoms with Crippen LogP contribution in [0.15, 0.2) is 24.5 Å². The van der Waals surface area contributed by atoms with Crippen LogP contribution in [0.25, 0.3) is 11.0 Å². The summed E-state index contributed by atoms with van der Waals surface area (Å²) >= 11 is 0. The highest BCUT2D eigenvalue weighted by Gasteiger charge is 2.28. The highest BCUT2D eigenvalue weighted by atomic mass is 16.5. The minimum Gasteiger partial charge on any atom is -0.461 e. The fraction of sp³-hybridized carbons (Fsp3) is 0.429. The van der Waals surface area contributed by atoms with Gasteiger partial charge in [0.05, 0.1) is 23.4 Å². The highest BCUT2D eigenvalue weighted by molar-refractivity contribution is 6.26. The van der Waals surface area contributed by atoms with Crippen LogP contribution in [0.2, 0.25) is 0 Å². The van der Waals surface area contributed by atoms with E-state index in [1.165, 1.54) is 6.92 Å². The maximum Gasteiger partial charge on any atom is 0.328 e. The Bertz CT molecular complexity index is 968. The minimum atomic E-state index is -1.09. The molecule has 10 heteroatoms. The maximum absolute atomic E-state index is 13.0. The molecular weight excluding hydrogens is 402 g/mol. The lowest BCUT2D eigenvalue weighted by molar-refractivity contribution is -0.151. The molecule has 2 rings (SSSR count). The third kappa shape index (κ3) is 7.02. The largest absolute Gasteiger partial charge is 0.461 e. The van der Waals surface area contributed by atoms with Crippen molar-refractivity contribution in [2.75, 3.05) is 0 Å². The van der Waals surface area contributed by atoms with E-state index < -0.39 is 41.8 Å². The van der Waals surface area contributed by atoms with E-state index in [9.17, 15) is 19.2 Å². The Hall–Kier alpha value is -3.56. The second-order valence-electron chi connectivity index (χ2n) is 7.37. The van der Waals surface area contributed by atoms with Crippen LogP contribution in [0.3, 0.4) is 0 Å². The number of Topliss-reactive ketones (excluding diaryl/α,β-unsaturated/α-hetero) is 1. The lowest BCUT2D eigenvalue weighted by atomic mass is 10.0. The van der Waals surface area contributed by atoms with Gasteiger partial charge in [-0.15, -0.1) is 0 Å². The summed E-state index contributed by atoms with van der Waals surface area (Å²) in [5, 5.41) is 12.2. The molecule has 0 aliphatic rings. The van der Waals surface area contributed by atoms with Crippen molar-refractivity contribution >= 4 is 40.8 Å². The summed E-state index contributed by atoms with van der Waals surface area (Å²) in [6.45, 7) is 4.63. The Morgan fingerprint density at radius 3 is 2.61 bits per heavy atom. The summed E-state index contributed by atoms with van der Waals surface area (Å²) in [4.78, 5) is 55.9. The summed E-state index contributed by atoms with van der Waals surface area (Å²) < 4.78 is 5.18.